The number of halogens is 1. The fraction of sp³-hybridized carbons (Fsp3) is 0.609. The van der Waals surface area contributed by atoms with Crippen LogP contribution in [0.15, 0.2) is 40.1 Å². The zero-order chi connectivity index (χ0) is 21.6. The molecule has 2 aromatic rings. The van der Waals surface area contributed by atoms with Gasteiger partial charge in [-0.05, 0) is 38.2 Å². The first-order valence-corrected chi connectivity index (χ1v) is 11.6. The smallest absolute Gasteiger partial charge is 0.345 e. The van der Waals surface area contributed by atoms with E-state index in [0.717, 1.165) is 70.1 Å². The number of likely N-dealkylation sites (tertiary alicyclic amines) is 1. The third-order valence-electron chi connectivity index (χ3n) is 6.37. The van der Waals surface area contributed by atoms with E-state index in [0.29, 0.717) is 18.6 Å². The number of hydrogen-bond donors (Lipinski definition) is 2. The molecule has 32 heavy (non-hydrogen) atoms. The van der Waals surface area contributed by atoms with Crippen molar-refractivity contribution >= 4 is 29.9 Å². The molecule has 0 bridgehead atoms. The molecule has 0 amide bonds. The summed E-state index contributed by atoms with van der Waals surface area (Å²) in [6, 6.07) is 11.6. The van der Waals surface area contributed by atoms with Gasteiger partial charge >= 0.3 is 5.69 Å². The number of nitrogens with zero attached hydrogens (tertiary/aromatic N) is 5. The van der Waals surface area contributed by atoms with Crippen LogP contribution in [0.1, 0.15) is 44.0 Å². The molecule has 0 spiro atoms. The molecule has 2 unspecified atom stereocenters. The van der Waals surface area contributed by atoms with E-state index in [-0.39, 0.29) is 29.7 Å². The van der Waals surface area contributed by atoms with Crippen molar-refractivity contribution in [2.24, 2.45) is 4.99 Å². The lowest BCUT2D eigenvalue weighted by Crippen LogP contribution is -2.45. The van der Waals surface area contributed by atoms with E-state index in [4.69, 9.17) is 0 Å². The lowest BCUT2D eigenvalue weighted by molar-refractivity contribution is 0.258. The van der Waals surface area contributed by atoms with E-state index in [2.05, 4.69) is 62.9 Å². The first-order valence-electron chi connectivity index (χ1n) is 11.6. The Balaban J connectivity index is 0.00000289. The molecular weight excluding hydrogens is 517 g/mol. The Morgan fingerprint density at radius 2 is 2.06 bits per heavy atom. The van der Waals surface area contributed by atoms with Crippen LogP contribution in [0.3, 0.4) is 0 Å². The molecule has 1 saturated heterocycles. The summed E-state index contributed by atoms with van der Waals surface area (Å²) < 4.78 is 3.46. The van der Waals surface area contributed by atoms with Crippen molar-refractivity contribution in [1.29, 1.82) is 0 Å². The van der Waals surface area contributed by atoms with Gasteiger partial charge in [0.1, 0.15) is 5.82 Å². The summed E-state index contributed by atoms with van der Waals surface area (Å²) in [6.07, 6.45) is 5.05. The highest BCUT2D eigenvalue weighted by atomic mass is 127. The van der Waals surface area contributed by atoms with E-state index >= 15 is 0 Å². The number of hydrogen-bond acceptors (Lipinski definition) is 4. The minimum absolute atomic E-state index is 0. The fourth-order valence-electron chi connectivity index (χ4n) is 4.66. The van der Waals surface area contributed by atoms with Crippen LogP contribution in [-0.4, -0.2) is 57.4 Å². The van der Waals surface area contributed by atoms with Gasteiger partial charge in [0.05, 0.1) is 0 Å². The minimum atomic E-state index is 0. The van der Waals surface area contributed by atoms with Crippen molar-refractivity contribution in [2.45, 2.75) is 70.7 Å². The van der Waals surface area contributed by atoms with Crippen molar-refractivity contribution in [1.82, 2.24) is 29.9 Å². The number of guanidine groups is 1. The molecule has 9 heteroatoms. The van der Waals surface area contributed by atoms with E-state index in [1.54, 1.807) is 4.68 Å². The molecule has 4 rings (SSSR count). The molecule has 2 aliphatic heterocycles. The summed E-state index contributed by atoms with van der Waals surface area (Å²) in [6.45, 7) is 6.48. The zero-order valence-electron chi connectivity index (χ0n) is 19.2. The normalized spacial score (nSPS) is 21.1. The number of nitrogens with one attached hydrogen (secondary N) is 2. The number of aromatic nitrogens is 3. The van der Waals surface area contributed by atoms with Crippen molar-refractivity contribution in [3.05, 3.63) is 52.2 Å². The Morgan fingerprint density at radius 3 is 2.81 bits per heavy atom. The van der Waals surface area contributed by atoms with Gasteiger partial charge in [0.15, 0.2) is 5.96 Å². The molecule has 2 atom stereocenters. The molecule has 0 radical (unpaired) electrons. The molecule has 1 fully saturated rings. The maximum absolute atomic E-state index is 12.4. The maximum atomic E-state index is 12.4. The summed E-state index contributed by atoms with van der Waals surface area (Å²) in [7, 11) is 1.81. The van der Waals surface area contributed by atoms with Gasteiger partial charge in [-0.1, -0.05) is 30.3 Å². The molecule has 0 saturated carbocycles. The van der Waals surface area contributed by atoms with Gasteiger partial charge in [-0.3, -0.25) is 14.5 Å². The Morgan fingerprint density at radius 1 is 1.25 bits per heavy atom. The molecule has 8 nitrogen and oxygen atoms in total. The van der Waals surface area contributed by atoms with Crippen molar-refractivity contribution in [2.75, 3.05) is 20.1 Å². The second-order valence-electron chi connectivity index (χ2n) is 8.72. The van der Waals surface area contributed by atoms with Gasteiger partial charge in [-0.2, -0.15) is 5.10 Å². The van der Waals surface area contributed by atoms with Crippen LogP contribution in [-0.2, 0) is 26.1 Å². The second-order valence-corrected chi connectivity index (χ2v) is 8.72. The minimum Gasteiger partial charge on any atom is -0.356 e. The van der Waals surface area contributed by atoms with Crippen molar-refractivity contribution in [3.63, 3.8) is 0 Å². The predicted octanol–water partition coefficient (Wildman–Crippen LogP) is 2.22. The highest BCUT2D eigenvalue weighted by Crippen LogP contribution is 2.20. The largest absolute Gasteiger partial charge is 0.356 e. The van der Waals surface area contributed by atoms with Gasteiger partial charge in [-0.15, -0.1) is 24.0 Å². The summed E-state index contributed by atoms with van der Waals surface area (Å²) >= 11 is 0. The monoisotopic (exact) mass is 553 g/mol. The first kappa shape index (κ1) is 24.8. The first-order chi connectivity index (χ1) is 15.1. The summed E-state index contributed by atoms with van der Waals surface area (Å²) in [5.74, 6) is 1.77. The Hall–Kier alpha value is -1.88. The van der Waals surface area contributed by atoms with Gasteiger partial charge in [0.2, 0.25) is 0 Å². The number of aryl methyl sites for hydroxylation is 2. The van der Waals surface area contributed by atoms with Crippen LogP contribution in [0.5, 0.6) is 0 Å². The third kappa shape index (κ3) is 6.12. The van der Waals surface area contributed by atoms with E-state index in [1.807, 2.05) is 11.6 Å². The molecule has 3 heterocycles. The Kier molecular flexibility index (Phi) is 9.15. The highest BCUT2D eigenvalue weighted by Gasteiger charge is 2.29. The molecule has 1 aromatic heterocycles. The number of fused-ring (bicyclic) bond motifs is 1. The SMILES string of the molecule is CN=C(NCCCn1nc2n(c1=O)CCCC2)NC1CC(C)N(Cc2ccccc2)C1.I. The number of rotatable bonds is 7. The fourth-order valence-corrected chi connectivity index (χ4v) is 4.66. The van der Waals surface area contributed by atoms with Gasteiger partial charge < -0.3 is 10.6 Å². The molecule has 0 aliphatic carbocycles. The van der Waals surface area contributed by atoms with Crippen LogP contribution in [0.2, 0.25) is 0 Å². The van der Waals surface area contributed by atoms with Gasteiger partial charge in [-0.25, -0.2) is 9.48 Å². The number of benzene rings is 1. The van der Waals surface area contributed by atoms with E-state index in [9.17, 15) is 4.79 Å². The molecule has 1 aromatic carbocycles. The van der Waals surface area contributed by atoms with Crippen LogP contribution in [0, 0.1) is 0 Å². The molecular formula is C23H36IN7O. The molecule has 2 aliphatic rings. The van der Waals surface area contributed by atoms with Crippen LogP contribution >= 0.6 is 24.0 Å². The standard InChI is InChI=1S/C23H35N7O.HI/c1-18-15-20(17-28(18)16-19-9-4-3-5-10-19)26-22(24-2)25-12-8-14-30-23(31)29-13-7-6-11-21(29)27-30;/h3-5,9-10,18,20H,6-8,11-17H2,1-2H3,(H2,24,25,26);1H. The Labute approximate surface area is 207 Å². The Bertz CT molecular complexity index is 940. The van der Waals surface area contributed by atoms with E-state index in [1.165, 1.54) is 5.56 Å². The average molecular weight is 553 g/mol. The third-order valence-corrected chi connectivity index (χ3v) is 6.37. The lowest BCUT2D eigenvalue weighted by atomic mass is 10.2. The van der Waals surface area contributed by atoms with Crippen LogP contribution in [0.4, 0.5) is 0 Å². The summed E-state index contributed by atoms with van der Waals surface area (Å²) in [5, 5.41) is 11.5. The second kappa shape index (κ2) is 11.8. The van der Waals surface area contributed by atoms with Crippen LogP contribution in [0.25, 0.3) is 0 Å². The van der Waals surface area contributed by atoms with Crippen molar-refractivity contribution in [3.8, 4) is 0 Å². The topological polar surface area (TPSA) is 79.5 Å². The van der Waals surface area contributed by atoms with Gasteiger partial charge in [0, 0.05) is 58.3 Å². The summed E-state index contributed by atoms with van der Waals surface area (Å²) in [4.78, 5) is 19.3. The van der Waals surface area contributed by atoms with E-state index < -0.39 is 0 Å². The highest BCUT2D eigenvalue weighted by molar-refractivity contribution is 14.0. The maximum Gasteiger partial charge on any atom is 0.345 e. The number of aliphatic imine (C=N–C) groups is 1. The lowest BCUT2D eigenvalue weighted by Gasteiger charge is -2.21. The van der Waals surface area contributed by atoms with Crippen molar-refractivity contribution < 1.29 is 0 Å². The van der Waals surface area contributed by atoms with Crippen LogP contribution < -0.4 is 16.3 Å². The average Bonchev–Trinajstić information content (AvgIpc) is 3.30. The predicted molar refractivity (Wildman–Crippen MR) is 139 cm³/mol. The molecule has 2 N–H and O–H groups in total. The molecule has 176 valence electrons. The van der Waals surface area contributed by atoms with Gasteiger partial charge in [0.25, 0.3) is 0 Å². The summed E-state index contributed by atoms with van der Waals surface area (Å²) in [5.41, 5.74) is 1.39. The zero-order valence-corrected chi connectivity index (χ0v) is 21.5. The quantitative estimate of drug-likeness (QED) is 0.238.